The number of piperazine rings is 1. The van der Waals surface area contributed by atoms with Gasteiger partial charge in [0.05, 0.1) is 15.7 Å². The van der Waals surface area contributed by atoms with E-state index in [0.717, 1.165) is 60.6 Å². The lowest BCUT2D eigenvalue weighted by Gasteiger charge is -2.35. The van der Waals surface area contributed by atoms with Crippen molar-refractivity contribution in [2.24, 2.45) is 5.92 Å². The van der Waals surface area contributed by atoms with Crippen molar-refractivity contribution in [3.05, 3.63) is 52.8 Å². The molecule has 0 unspecified atom stereocenters. The molecule has 3 aromatic rings. The van der Waals surface area contributed by atoms with Crippen LogP contribution in [0.4, 0.5) is 5.82 Å². The number of aromatic nitrogens is 3. The van der Waals surface area contributed by atoms with Gasteiger partial charge in [0.2, 0.25) is 0 Å². The third kappa shape index (κ3) is 4.27. The number of pyridine rings is 1. The molecule has 5 rings (SSSR count). The molecule has 0 atom stereocenters. The number of benzene rings is 1. The molecule has 2 aromatic heterocycles. The summed E-state index contributed by atoms with van der Waals surface area (Å²) in [6.45, 7) is 5.55. The molecule has 2 aliphatic rings. The van der Waals surface area contributed by atoms with Crippen LogP contribution in [-0.2, 0) is 0 Å². The van der Waals surface area contributed by atoms with Crippen molar-refractivity contribution >= 4 is 29.0 Å². The van der Waals surface area contributed by atoms with E-state index in [9.17, 15) is 0 Å². The van der Waals surface area contributed by atoms with Crippen LogP contribution in [0.15, 0.2) is 42.7 Å². The monoisotopic (exact) mass is 427 g/mol. The number of H-pyrrole nitrogens is 1. The molecule has 1 aliphatic heterocycles. The third-order valence-electron chi connectivity index (χ3n) is 5.72. The maximum Gasteiger partial charge on any atom is 0.138 e. The average Bonchev–Trinajstić information content (AvgIpc) is 3.42. The Kier molecular flexibility index (Phi) is 5.20. The van der Waals surface area contributed by atoms with Gasteiger partial charge in [0, 0.05) is 56.2 Å². The second-order valence-electron chi connectivity index (χ2n) is 7.90. The van der Waals surface area contributed by atoms with E-state index in [2.05, 4.69) is 25.8 Å². The van der Waals surface area contributed by atoms with Gasteiger partial charge in [-0.25, -0.2) is 9.97 Å². The molecule has 1 saturated heterocycles. The first-order valence-corrected chi connectivity index (χ1v) is 10.9. The molecule has 0 spiro atoms. The predicted molar refractivity (Wildman–Crippen MR) is 119 cm³/mol. The van der Waals surface area contributed by atoms with Gasteiger partial charge in [-0.1, -0.05) is 29.3 Å². The summed E-state index contributed by atoms with van der Waals surface area (Å²) in [7, 11) is 0. The Morgan fingerprint density at radius 1 is 0.966 bits per heavy atom. The van der Waals surface area contributed by atoms with E-state index in [4.69, 9.17) is 28.2 Å². The topological polar surface area (TPSA) is 48.1 Å². The van der Waals surface area contributed by atoms with Gasteiger partial charge < -0.3 is 9.88 Å². The smallest absolute Gasteiger partial charge is 0.138 e. The molecule has 7 heteroatoms. The standard InChI is InChI=1S/C22H23Cl2N5/c23-18-4-3-16(11-19(18)24)20-13-26-22(27-20)17-5-6-25-21(12-17)29-9-7-28(8-10-29)14-15-1-2-15/h3-6,11-13,15H,1-2,7-10,14H2,(H,26,27). The van der Waals surface area contributed by atoms with Crippen LogP contribution in [0.1, 0.15) is 12.8 Å². The van der Waals surface area contributed by atoms with E-state index in [1.54, 1.807) is 6.07 Å². The second kappa shape index (κ2) is 7.98. The highest BCUT2D eigenvalue weighted by Crippen LogP contribution is 2.31. The zero-order chi connectivity index (χ0) is 19.8. The normalized spacial score (nSPS) is 17.7. The number of hydrogen-bond acceptors (Lipinski definition) is 4. The Balaban J connectivity index is 1.31. The number of imidazole rings is 1. The molecule has 0 amide bonds. The fourth-order valence-corrected chi connectivity index (χ4v) is 4.13. The van der Waals surface area contributed by atoms with Gasteiger partial charge in [-0.2, -0.15) is 0 Å². The Labute approximate surface area is 180 Å². The first-order chi connectivity index (χ1) is 14.2. The fraction of sp³-hybridized carbons (Fsp3) is 0.364. The van der Waals surface area contributed by atoms with Crippen LogP contribution < -0.4 is 4.90 Å². The maximum atomic E-state index is 6.15. The lowest BCUT2D eigenvalue weighted by atomic mass is 10.2. The highest BCUT2D eigenvalue weighted by atomic mass is 35.5. The summed E-state index contributed by atoms with van der Waals surface area (Å²) in [5.41, 5.74) is 2.80. The average molecular weight is 428 g/mol. The number of nitrogens with zero attached hydrogens (tertiary/aromatic N) is 4. The molecule has 29 heavy (non-hydrogen) atoms. The third-order valence-corrected chi connectivity index (χ3v) is 6.46. The van der Waals surface area contributed by atoms with Crippen molar-refractivity contribution < 1.29 is 0 Å². The molecule has 1 saturated carbocycles. The quantitative estimate of drug-likeness (QED) is 0.623. The van der Waals surface area contributed by atoms with Crippen molar-refractivity contribution in [1.82, 2.24) is 19.9 Å². The predicted octanol–water partition coefficient (Wildman–Crippen LogP) is 4.98. The Bertz CT molecular complexity index is 1010. The van der Waals surface area contributed by atoms with Gasteiger partial charge in [0.15, 0.2) is 0 Å². The summed E-state index contributed by atoms with van der Waals surface area (Å²) < 4.78 is 0. The van der Waals surface area contributed by atoms with Crippen molar-refractivity contribution in [1.29, 1.82) is 0 Å². The van der Waals surface area contributed by atoms with Gasteiger partial charge in [0.25, 0.3) is 0 Å². The van der Waals surface area contributed by atoms with E-state index < -0.39 is 0 Å². The number of aromatic amines is 1. The minimum absolute atomic E-state index is 0.528. The zero-order valence-electron chi connectivity index (χ0n) is 16.1. The maximum absolute atomic E-state index is 6.15. The molecule has 2 fully saturated rings. The van der Waals surface area contributed by atoms with Crippen LogP contribution in [0.3, 0.4) is 0 Å². The summed E-state index contributed by atoms with van der Waals surface area (Å²) in [5, 5.41) is 1.07. The zero-order valence-corrected chi connectivity index (χ0v) is 17.6. The van der Waals surface area contributed by atoms with Crippen molar-refractivity contribution in [3.63, 3.8) is 0 Å². The summed E-state index contributed by atoms with van der Waals surface area (Å²) >= 11 is 12.2. The summed E-state index contributed by atoms with van der Waals surface area (Å²) in [4.78, 5) is 17.6. The van der Waals surface area contributed by atoms with Crippen LogP contribution in [0.5, 0.6) is 0 Å². The molecular formula is C22H23Cl2N5. The van der Waals surface area contributed by atoms with Crippen LogP contribution in [0.2, 0.25) is 10.0 Å². The molecule has 1 N–H and O–H groups in total. The summed E-state index contributed by atoms with van der Waals surface area (Å²) in [6.07, 6.45) is 6.59. The van der Waals surface area contributed by atoms with Crippen molar-refractivity contribution in [2.45, 2.75) is 12.8 Å². The second-order valence-corrected chi connectivity index (χ2v) is 8.71. The van der Waals surface area contributed by atoms with Gasteiger partial charge in [-0.05, 0) is 43.0 Å². The first-order valence-electron chi connectivity index (χ1n) is 10.1. The molecular weight excluding hydrogens is 405 g/mol. The minimum atomic E-state index is 0.528. The molecule has 1 aromatic carbocycles. The van der Waals surface area contributed by atoms with Gasteiger partial charge >= 0.3 is 0 Å². The van der Waals surface area contributed by atoms with Crippen LogP contribution in [0.25, 0.3) is 22.6 Å². The van der Waals surface area contributed by atoms with Crippen molar-refractivity contribution in [3.8, 4) is 22.6 Å². The summed E-state index contributed by atoms with van der Waals surface area (Å²) in [6, 6.07) is 9.66. The number of anilines is 1. The van der Waals surface area contributed by atoms with Gasteiger partial charge in [-0.3, -0.25) is 4.90 Å². The fourth-order valence-electron chi connectivity index (χ4n) is 3.84. The van der Waals surface area contributed by atoms with Crippen LogP contribution in [0, 0.1) is 5.92 Å². The lowest BCUT2D eigenvalue weighted by molar-refractivity contribution is 0.247. The highest BCUT2D eigenvalue weighted by molar-refractivity contribution is 6.42. The number of halogens is 2. The van der Waals surface area contributed by atoms with E-state index in [0.29, 0.717) is 10.0 Å². The van der Waals surface area contributed by atoms with E-state index in [1.807, 2.05) is 30.6 Å². The molecule has 5 nitrogen and oxygen atoms in total. The van der Waals surface area contributed by atoms with E-state index in [1.165, 1.54) is 19.4 Å². The summed E-state index contributed by atoms with van der Waals surface area (Å²) in [5.74, 6) is 2.79. The minimum Gasteiger partial charge on any atom is -0.354 e. The Morgan fingerprint density at radius 3 is 2.55 bits per heavy atom. The largest absolute Gasteiger partial charge is 0.354 e. The molecule has 1 aliphatic carbocycles. The van der Waals surface area contributed by atoms with Crippen molar-refractivity contribution in [2.75, 3.05) is 37.6 Å². The molecule has 0 bridgehead atoms. The van der Waals surface area contributed by atoms with Gasteiger partial charge in [-0.15, -0.1) is 0 Å². The van der Waals surface area contributed by atoms with Crippen LogP contribution >= 0.6 is 23.2 Å². The number of hydrogen-bond donors (Lipinski definition) is 1. The Morgan fingerprint density at radius 2 is 1.79 bits per heavy atom. The van der Waals surface area contributed by atoms with Crippen LogP contribution in [-0.4, -0.2) is 52.6 Å². The number of rotatable bonds is 5. The molecule has 150 valence electrons. The van der Waals surface area contributed by atoms with Gasteiger partial charge in [0.1, 0.15) is 11.6 Å². The Hall–Kier alpha value is -2.08. The lowest BCUT2D eigenvalue weighted by Crippen LogP contribution is -2.47. The molecule has 0 radical (unpaired) electrons. The van der Waals surface area contributed by atoms with E-state index >= 15 is 0 Å². The number of nitrogens with one attached hydrogen (secondary N) is 1. The first kappa shape index (κ1) is 18.9. The van der Waals surface area contributed by atoms with E-state index in [-0.39, 0.29) is 0 Å². The SMILES string of the molecule is Clc1ccc(-c2c[nH]c(-c3ccnc(N4CCN(CC5CC5)CC4)c3)n2)cc1Cl. The highest BCUT2D eigenvalue weighted by Gasteiger charge is 2.26. The molecule has 3 heterocycles.